The topological polar surface area (TPSA) is 105 Å². The van der Waals surface area contributed by atoms with Gasteiger partial charge in [0.05, 0.1) is 11.6 Å². The van der Waals surface area contributed by atoms with Crippen LogP contribution in [0, 0.1) is 5.41 Å². The highest BCUT2D eigenvalue weighted by Crippen LogP contribution is 2.55. The maximum absolute atomic E-state index is 11.3. The van der Waals surface area contributed by atoms with Crippen LogP contribution in [0.15, 0.2) is 0 Å². The lowest BCUT2D eigenvalue weighted by atomic mass is 9.83. The number of hydrogen-bond donors (Lipinski definition) is 4. The predicted octanol–water partition coefficient (Wildman–Crippen LogP) is -0.421. The van der Waals surface area contributed by atoms with Gasteiger partial charge in [0.15, 0.2) is 0 Å². The van der Waals surface area contributed by atoms with Crippen molar-refractivity contribution in [2.24, 2.45) is 11.1 Å². The van der Waals surface area contributed by atoms with E-state index in [-0.39, 0.29) is 23.6 Å². The molecule has 2 aliphatic rings. The van der Waals surface area contributed by atoms with Gasteiger partial charge >= 0.3 is 6.03 Å². The average molecular weight is 256 g/mol. The van der Waals surface area contributed by atoms with Crippen molar-refractivity contribution in [1.29, 1.82) is 0 Å². The molecular formula is C11H20N4O3. The Morgan fingerprint density at radius 3 is 2.56 bits per heavy atom. The van der Waals surface area contributed by atoms with Crippen molar-refractivity contribution in [2.75, 3.05) is 0 Å². The Kier molecular flexibility index (Phi) is 2.98. The van der Waals surface area contributed by atoms with Crippen LogP contribution in [0.2, 0.25) is 0 Å². The van der Waals surface area contributed by atoms with E-state index in [1.165, 1.54) is 6.92 Å². The highest BCUT2D eigenvalue weighted by Gasteiger charge is 2.64. The molecule has 4 atom stereocenters. The second-order valence-electron chi connectivity index (χ2n) is 5.58. The fourth-order valence-corrected chi connectivity index (χ4v) is 3.17. The number of primary amides is 1. The van der Waals surface area contributed by atoms with Crippen LogP contribution < -0.4 is 21.9 Å². The Morgan fingerprint density at radius 1 is 1.33 bits per heavy atom. The fraction of sp³-hybridized carbons (Fsp3) is 0.818. The predicted molar refractivity (Wildman–Crippen MR) is 64.1 cm³/mol. The van der Waals surface area contributed by atoms with Gasteiger partial charge in [-0.2, -0.15) is 0 Å². The lowest BCUT2D eigenvalue weighted by molar-refractivity contribution is -0.121. The van der Waals surface area contributed by atoms with Crippen LogP contribution in [0.1, 0.15) is 33.6 Å². The summed E-state index contributed by atoms with van der Waals surface area (Å²) in [4.78, 5) is 22.0. The van der Waals surface area contributed by atoms with Gasteiger partial charge in [0, 0.05) is 12.3 Å². The zero-order valence-electron chi connectivity index (χ0n) is 10.9. The molecule has 1 aliphatic heterocycles. The lowest BCUT2D eigenvalue weighted by Gasteiger charge is -2.33. The van der Waals surface area contributed by atoms with Crippen molar-refractivity contribution in [1.82, 2.24) is 16.2 Å². The molecule has 2 bridgehead atoms. The van der Waals surface area contributed by atoms with Gasteiger partial charge in [-0.1, -0.05) is 6.92 Å². The molecule has 0 spiro atoms. The number of urea groups is 1. The Labute approximate surface area is 106 Å². The zero-order valence-corrected chi connectivity index (χ0v) is 10.9. The van der Waals surface area contributed by atoms with Crippen molar-refractivity contribution in [3.05, 3.63) is 0 Å². The molecule has 4 unspecified atom stereocenters. The first-order valence-corrected chi connectivity index (χ1v) is 6.04. The quantitative estimate of drug-likeness (QED) is 0.514. The van der Waals surface area contributed by atoms with Gasteiger partial charge in [0.25, 0.3) is 0 Å². The lowest BCUT2D eigenvalue weighted by Crippen LogP contribution is -2.55. The van der Waals surface area contributed by atoms with Crippen LogP contribution >= 0.6 is 0 Å². The number of carbonyl (C=O) groups excluding carboxylic acids is 2. The number of rotatable bonds is 3. The minimum absolute atomic E-state index is 0.0744. The van der Waals surface area contributed by atoms with E-state index >= 15 is 0 Å². The Hall–Kier alpha value is -1.34. The number of nitrogens with two attached hydrogens (primary N) is 1. The van der Waals surface area contributed by atoms with E-state index in [4.69, 9.17) is 10.5 Å². The summed E-state index contributed by atoms with van der Waals surface area (Å²) in [6, 6.07) is -0.735. The first-order valence-electron chi connectivity index (χ1n) is 6.04. The maximum Gasteiger partial charge on any atom is 0.326 e. The van der Waals surface area contributed by atoms with E-state index in [9.17, 15) is 9.59 Å². The zero-order chi connectivity index (χ0) is 13.6. The number of hydrazine groups is 1. The SMILES string of the molecule is CC(=O)NC1C2(C)CCC1(C)C(NNC(N)=O)O2. The van der Waals surface area contributed by atoms with Crippen molar-refractivity contribution in [2.45, 2.75) is 51.5 Å². The van der Waals surface area contributed by atoms with Gasteiger partial charge in [0.2, 0.25) is 5.91 Å². The Morgan fingerprint density at radius 2 is 2.00 bits per heavy atom. The molecule has 1 saturated heterocycles. The van der Waals surface area contributed by atoms with Crippen molar-refractivity contribution < 1.29 is 14.3 Å². The third-order valence-electron chi connectivity index (χ3n) is 4.09. The molecule has 7 nitrogen and oxygen atoms in total. The first-order chi connectivity index (χ1) is 8.28. The molecule has 1 aliphatic carbocycles. The van der Waals surface area contributed by atoms with Gasteiger partial charge in [-0.25, -0.2) is 10.2 Å². The summed E-state index contributed by atoms with van der Waals surface area (Å²) < 4.78 is 5.92. The molecule has 3 amide bonds. The number of amides is 3. The van der Waals surface area contributed by atoms with Crippen LogP contribution in [-0.2, 0) is 9.53 Å². The summed E-state index contributed by atoms with van der Waals surface area (Å²) in [6.07, 6.45) is 1.43. The van der Waals surface area contributed by atoms with Crippen LogP contribution in [0.3, 0.4) is 0 Å². The first kappa shape index (κ1) is 13.1. The van der Waals surface area contributed by atoms with Gasteiger partial charge in [-0.15, -0.1) is 0 Å². The smallest absolute Gasteiger partial charge is 0.326 e. The molecule has 0 aromatic rings. The third kappa shape index (κ3) is 1.93. The number of ether oxygens (including phenoxy) is 1. The molecule has 0 aromatic heterocycles. The summed E-state index contributed by atoms with van der Waals surface area (Å²) in [5.41, 5.74) is 9.48. The summed E-state index contributed by atoms with van der Waals surface area (Å²) >= 11 is 0. The number of nitrogens with one attached hydrogen (secondary N) is 3. The standard InChI is InChI=1S/C11H20N4O3/c1-6(16)13-7-10(2)4-5-11(7,3)18-8(10)14-15-9(12)17/h7-8,14H,4-5H2,1-3H3,(H,13,16)(H3,12,15,17). The maximum atomic E-state index is 11.3. The second kappa shape index (κ2) is 4.10. The van der Waals surface area contributed by atoms with Gasteiger partial charge < -0.3 is 15.8 Å². The highest BCUT2D eigenvalue weighted by molar-refractivity contribution is 5.73. The molecule has 5 N–H and O–H groups in total. The van der Waals surface area contributed by atoms with Gasteiger partial charge in [-0.3, -0.25) is 10.2 Å². The van der Waals surface area contributed by atoms with Gasteiger partial charge in [0.1, 0.15) is 6.23 Å². The van der Waals surface area contributed by atoms with Crippen molar-refractivity contribution in [3.8, 4) is 0 Å². The Balaban J connectivity index is 2.14. The third-order valence-corrected chi connectivity index (χ3v) is 4.09. The van der Waals surface area contributed by atoms with Crippen LogP contribution in [-0.4, -0.2) is 29.8 Å². The van der Waals surface area contributed by atoms with E-state index in [0.29, 0.717) is 0 Å². The highest BCUT2D eigenvalue weighted by atomic mass is 16.5. The van der Waals surface area contributed by atoms with Crippen molar-refractivity contribution >= 4 is 11.9 Å². The molecule has 7 heteroatoms. The van der Waals surface area contributed by atoms with Gasteiger partial charge in [-0.05, 0) is 19.8 Å². The second-order valence-corrected chi connectivity index (χ2v) is 5.58. The monoisotopic (exact) mass is 256 g/mol. The van der Waals surface area contributed by atoms with E-state index in [1.807, 2.05) is 13.8 Å². The van der Waals surface area contributed by atoms with Crippen molar-refractivity contribution in [3.63, 3.8) is 0 Å². The molecule has 18 heavy (non-hydrogen) atoms. The molecule has 0 aromatic carbocycles. The molecule has 2 fully saturated rings. The van der Waals surface area contributed by atoms with E-state index in [1.54, 1.807) is 0 Å². The van der Waals surface area contributed by atoms with E-state index in [2.05, 4.69) is 16.2 Å². The molecule has 1 heterocycles. The van der Waals surface area contributed by atoms with E-state index in [0.717, 1.165) is 12.8 Å². The molecule has 2 rings (SSSR count). The molecule has 1 saturated carbocycles. The molecular weight excluding hydrogens is 236 g/mol. The fourth-order valence-electron chi connectivity index (χ4n) is 3.17. The van der Waals surface area contributed by atoms with Crippen LogP contribution in [0.5, 0.6) is 0 Å². The Bertz CT molecular complexity index is 388. The van der Waals surface area contributed by atoms with E-state index < -0.39 is 11.6 Å². The summed E-state index contributed by atoms with van der Waals surface area (Å²) in [5.74, 6) is -0.0774. The number of carbonyl (C=O) groups is 2. The average Bonchev–Trinajstić information content (AvgIpc) is 2.60. The summed E-state index contributed by atoms with van der Waals surface area (Å²) in [5, 5.41) is 2.95. The minimum atomic E-state index is -0.661. The summed E-state index contributed by atoms with van der Waals surface area (Å²) in [7, 11) is 0. The van der Waals surface area contributed by atoms with Crippen LogP contribution in [0.25, 0.3) is 0 Å². The molecule has 0 radical (unpaired) electrons. The largest absolute Gasteiger partial charge is 0.353 e. The molecule has 102 valence electrons. The normalized spacial score (nSPS) is 41.7. The number of hydrogen-bond acceptors (Lipinski definition) is 4. The van der Waals surface area contributed by atoms with Crippen LogP contribution in [0.4, 0.5) is 4.79 Å². The number of fused-ring (bicyclic) bond motifs is 2. The summed E-state index contributed by atoms with van der Waals surface area (Å²) in [6.45, 7) is 5.51. The minimum Gasteiger partial charge on any atom is -0.353 e.